The Bertz CT molecular complexity index is 917. The van der Waals surface area contributed by atoms with Crippen molar-refractivity contribution in [3.05, 3.63) is 35.2 Å². The van der Waals surface area contributed by atoms with E-state index < -0.39 is 6.04 Å². The lowest BCUT2D eigenvalue weighted by Gasteiger charge is -2.30. The molecular weight excluding hydrogens is 424 g/mol. The molecule has 2 aromatic rings. The Labute approximate surface area is 194 Å². The highest BCUT2D eigenvalue weighted by Crippen LogP contribution is 2.39. The van der Waals surface area contributed by atoms with Gasteiger partial charge in [-0.25, -0.2) is 0 Å². The monoisotopic (exact) mass is 458 g/mol. The van der Waals surface area contributed by atoms with Gasteiger partial charge in [-0.3, -0.25) is 4.79 Å². The standard InChI is InChI=1S/C24H34N4O5/c1-16-13-20(6-7-21(16)23(31)25-19(14-29)15-30)32-12-2-3-17-8-10-28(11-9-17)24-26-22(27-33-24)18-4-5-18/h6-7,13,17-19,29-30H,2-5,8-12,14-15H2,1H3,(H,25,31). The SMILES string of the molecule is Cc1cc(OCCCC2CCN(c3nc(C4CC4)no3)CC2)ccc1C(=O)NC(CO)CO. The van der Waals surface area contributed by atoms with E-state index in [0.717, 1.165) is 55.9 Å². The summed E-state index contributed by atoms with van der Waals surface area (Å²) in [5, 5.41) is 25.0. The first-order valence-corrected chi connectivity index (χ1v) is 11.9. The topological polar surface area (TPSA) is 121 Å². The molecule has 0 unspecified atom stereocenters. The number of hydrogen-bond donors (Lipinski definition) is 3. The van der Waals surface area contributed by atoms with Gasteiger partial charge in [0, 0.05) is 24.6 Å². The van der Waals surface area contributed by atoms with E-state index in [1.165, 1.54) is 12.8 Å². The lowest BCUT2D eigenvalue weighted by atomic mass is 9.92. The molecule has 1 saturated carbocycles. The summed E-state index contributed by atoms with van der Waals surface area (Å²) in [6.45, 7) is 3.78. The number of nitrogens with one attached hydrogen (secondary N) is 1. The van der Waals surface area contributed by atoms with Crippen LogP contribution in [0.1, 0.15) is 66.2 Å². The molecule has 1 aliphatic carbocycles. The van der Waals surface area contributed by atoms with Crippen LogP contribution in [-0.4, -0.2) is 65.2 Å². The molecule has 9 nitrogen and oxygen atoms in total. The van der Waals surface area contributed by atoms with E-state index in [2.05, 4.69) is 20.4 Å². The molecule has 4 rings (SSSR count). The highest BCUT2D eigenvalue weighted by molar-refractivity contribution is 5.96. The van der Waals surface area contributed by atoms with Gasteiger partial charge in [-0.05, 0) is 75.1 Å². The van der Waals surface area contributed by atoms with Crippen LogP contribution in [0.2, 0.25) is 0 Å². The number of piperidine rings is 1. The lowest BCUT2D eigenvalue weighted by Crippen LogP contribution is -2.40. The molecule has 1 aliphatic heterocycles. The van der Waals surface area contributed by atoms with Crippen LogP contribution >= 0.6 is 0 Å². The number of ether oxygens (including phenoxy) is 1. The Morgan fingerprint density at radius 3 is 2.67 bits per heavy atom. The van der Waals surface area contributed by atoms with Crippen molar-refractivity contribution in [2.75, 3.05) is 37.8 Å². The van der Waals surface area contributed by atoms with Crippen molar-refractivity contribution in [3.63, 3.8) is 0 Å². The van der Waals surface area contributed by atoms with Crippen molar-refractivity contribution in [1.29, 1.82) is 0 Å². The molecule has 0 bridgehead atoms. The molecule has 0 radical (unpaired) electrons. The molecule has 0 atom stereocenters. The maximum Gasteiger partial charge on any atom is 0.324 e. The first-order valence-electron chi connectivity index (χ1n) is 11.9. The number of benzene rings is 1. The number of rotatable bonds is 11. The van der Waals surface area contributed by atoms with E-state index in [-0.39, 0.29) is 19.1 Å². The third kappa shape index (κ3) is 6.23. The fraction of sp³-hybridized carbons (Fsp3) is 0.625. The second-order valence-corrected chi connectivity index (χ2v) is 9.14. The fourth-order valence-electron chi connectivity index (χ4n) is 4.23. The van der Waals surface area contributed by atoms with Gasteiger partial charge in [0.2, 0.25) is 0 Å². The number of aryl methyl sites for hydroxylation is 1. The Morgan fingerprint density at radius 2 is 2.00 bits per heavy atom. The first-order chi connectivity index (χ1) is 16.1. The molecule has 33 heavy (non-hydrogen) atoms. The lowest BCUT2D eigenvalue weighted by molar-refractivity contribution is 0.0878. The summed E-state index contributed by atoms with van der Waals surface area (Å²) in [5.74, 6) is 2.48. The van der Waals surface area contributed by atoms with Crippen LogP contribution < -0.4 is 15.0 Å². The number of aliphatic hydroxyl groups is 2. The van der Waals surface area contributed by atoms with E-state index >= 15 is 0 Å². The highest BCUT2D eigenvalue weighted by atomic mass is 16.5. The Kier molecular flexibility index (Phi) is 7.82. The van der Waals surface area contributed by atoms with Crippen molar-refractivity contribution >= 4 is 11.9 Å². The van der Waals surface area contributed by atoms with Crippen molar-refractivity contribution in [2.24, 2.45) is 5.92 Å². The third-order valence-electron chi connectivity index (χ3n) is 6.50. The minimum Gasteiger partial charge on any atom is -0.494 e. The van der Waals surface area contributed by atoms with Crippen LogP contribution in [0.3, 0.4) is 0 Å². The van der Waals surface area contributed by atoms with E-state index in [4.69, 9.17) is 19.5 Å². The molecule has 1 saturated heterocycles. The van der Waals surface area contributed by atoms with E-state index in [1.807, 2.05) is 13.0 Å². The molecule has 2 fully saturated rings. The molecule has 9 heteroatoms. The van der Waals surface area contributed by atoms with Crippen LogP contribution in [0.15, 0.2) is 22.7 Å². The number of carbonyl (C=O) groups excluding carboxylic acids is 1. The highest BCUT2D eigenvalue weighted by Gasteiger charge is 2.30. The third-order valence-corrected chi connectivity index (χ3v) is 6.50. The summed E-state index contributed by atoms with van der Waals surface area (Å²) in [5.41, 5.74) is 1.30. The summed E-state index contributed by atoms with van der Waals surface area (Å²) in [4.78, 5) is 19.1. The predicted octanol–water partition coefficient (Wildman–Crippen LogP) is 2.41. The van der Waals surface area contributed by atoms with Crippen LogP contribution in [0.4, 0.5) is 6.01 Å². The van der Waals surface area contributed by atoms with Crippen molar-refractivity contribution in [3.8, 4) is 5.75 Å². The van der Waals surface area contributed by atoms with Crippen LogP contribution in [0, 0.1) is 12.8 Å². The molecule has 0 spiro atoms. The normalized spacial score (nSPS) is 16.9. The predicted molar refractivity (Wildman–Crippen MR) is 123 cm³/mol. The second kappa shape index (κ2) is 11.0. The van der Waals surface area contributed by atoms with Gasteiger partial charge in [0.25, 0.3) is 5.91 Å². The maximum atomic E-state index is 12.3. The van der Waals surface area contributed by atoms with Gasteiger partial charge in [0.15, 0.2) is 5.82 Å². The molecular formula is C24H34N4O5. The quantitative estimate of drug-likeness (QED) is 0.439. The Morgan fingerprint density at radius 1 is 1.24 bits per heavy atom. The number of carbonyl (C=O) groups is 1. The minimum atomic E-state index is -0.660. The zero-order chi connectivity index (χ0) is 23.2. The van der Waals surface area contributed by atoms with Gasteiger partial charge >= 0.3 is 6.01 Å². The van der Waals surface area contributed by atoms with Gasteiger partial charge in [-0.2, -0.15) is 4.98 Å². The Hall–Kier alpha value is -2.65. The van der Waals surface area contributed by atoms with Gasteiger partial charge in [-0.15, -0.1) is 0 Å². The van der Waals surface area contributed by atoms with Crippen LogP contribution in [0.25, 0.3) is 0 Å². The first kappa shape index (κ1) is 23.5. The van der Waals surface area contributed by atoms with Crippen LogP contribution in [-0.2, 0) is 0 Å². The zero-order valence-electron chi connectivity index (χ0n) is 19.2. The maximum absolute atomic E-state index is 12.3. The molecule has 180 valence electrons. The number of hydrogen-bond acceptors (Lipinski definition) is 8. The van der Waals surface area contributed by atoms with Gasteiger partial charge in [0.1, 0.15) is 5.75 Å². The van der Waals surface area contributed by atoms with Crippen molar-refractivity contribution in [2.45, 2.75) is 57.4 Å². The summed E-state index contributed by atoms with van der Waals surface area (Å²) < 4.78 is 11.4. The average molecular weight is 459 g/mol. The number of anilines is 1. The molecule has 1 aromatic carbocycles. The number of aromatic nitrogens is 2. The van der Waals surface area contributed by atoms with E-state index in [9.17, 15) is 4.79 Å². The molecule has 2 heterocycles. The van der Waals surface area contributed by atoms with E-state index in [0.29, 0.717) is 30.0 Å². The summed E-state index contributed by atoms with van der Waals surface area (Å²) in [6.07, 6.45) is 6.69. The molecule has 2 aliphatic rings. The summed E-state index contributed by atoms with van der Waals surface area (Å²) in [6, 6.07) is 5.36. The minimum absolute atomic E-state index is 0.306. The van der Waals surface area contributed by atoms with Crippen molar-refractivity contribution < 1.29 is 24.3 Å². The van der Waals surface area contributed by atoms with Crippen molar-refractivity contribution in [1.82, 2.24) is 15.5 Å². The molecule has 1 aromatic heterocycles. The molecule has 3 N–H and O–H groups in total. The van der Waals surface area contributed by atoms with E-state index in [1.54, 1.807) is 12.1 Å². The van der Waals surface area contributed by atoms with Gasteiger partial charge in [0.05, 0.1) is 25.9 Å². The largest absolute Gasteiger partial charge is 0.494 e. The molecule has 1 amide bonds. The summed E-state index contributed by atoms with van der Waals surface area (Å²) >= 11 is 0. The number of aliphatic hydroxyl groups excluding tert-OH is 2. The zero-order valence-corrected chi connectivity index (χ0v) is 19.2. The summed E-state index contributed by atoms with van der Waals surface area (Å²) in [7, 11) is 0. The average Bonchev–Trinajstić information content (AvgIpc) is 3.57. The number of nitrogens with zero attached hydrogens (tertiary/aromatic N) is 3. The number of amides is 1. The Balaban J connectivity index is 1.16. The van der Waals surface area contributed by atoms with Gasteiger partial charge < -0.3 is 29.7 Å². The smallest absolute Gasteiger partial charge is 0.324 e. The second-order valence-electron chi connectivity index (χ2n) is 9.14. The van der Waals surface area contributed by atoms with Gasteiger partial charge in [-0.1, -0.05) is 5.16 Å². The van der Waals surface area contributed by atoms with Crippen LogP contribution in [0.5, 0.6) is 5.75 Å². The fourth-order valence-corrected chi connectivity index (χ4v) is 4.23.